The Bertz CT molecular complexity index is 561. The maximum Gasteiger partial charge on any atom is 0.360 e. The Kier molecular flexibility index (Phi) is 3.65. The van der Waals surface area contributed by atoms with Crippen LogP contribution in [0.3, 0.4) is 0 Å². The second-order valence-electron chi connectivity index (χ2n) is 5.71. The predicted molar refractivity (Wildman–Crippen MR) is 73.7 cm³/mol. The Hall–Kier alpha value is -1.92. The van der Waals surface area contributed by atoms with Crippen LogP contribution in [-0.2, 0) is 16.1 Å². The largest absolute Gasteiger partial charge is 0.461 e. The molecule has 0 saturated heterocycles. The van der Waals surface area contributed by atoms with Gasteiger partial charge in [-0.15, -0.1) is 5.10 Å². The van der Waals surface area contributed by atoms with Crippen LogP contribution in [0.1, 0.15) is 54.7 Å². The van der Waals surface area contributed by atoms with Gasteiger partial charge in [0.05, 0.1) is 12.3 Å². The van der Waals surface area contributed by atoms with Crippen molar-refractivity contribution in [1.82, 2.24) is 19.9 Å². The van der Waals surface area contributed by atoms with Gasteiger partial charge in [-0.2, -0.15) is 0 Å². The number of ether oxygens (including phenoxy) is 1. The minimum atomic E-state index is -0.450. The van der Waals surface area contributed by atoms with E-state index < -0.39 is 5.97 Å². The van der Waals surface area contributed by atoms with E-state index in [-0.39, 0.29) is 24.1 Å². The Morgan fingerprint density at radius 3 is 2.62 bits per heavy atom. The van der Waals surface area contributed by atoms with Crippen molar-refractivity contribution in [3.63, 3.8) is 0 Å². The van der Waals surface area contributed by atoms with Gasteiger partial charge in [-0.25, -0.2) is 9.48 Å². The summed E-state index contributed by atoms with van der Waals surface area (Å²) in [6.07, 6.45) is 4.16. The number of amides is 1. The quantitative estimate of drug-likeness (QED) is 0.730. The molecule has 2 aliphatic carbocycles. The minimum Gasteiger partial charge on any atom is -0.461 e. The topological polar surface area (TPSA) is 77.3 Å². The van der Waals surface area contributed by atoms with E-state index in [0.29, 0.717) is 12.6 Å². The van der Waals surface area contributed by atoms with Crippen LogP contribution < -0.4 is 0 Å². The molecule has 2 aliphatic rings. The van der Waals surface area contributed by atoms with E-state index >= 15 is 0 Å². The molecule has 2 fully saturated rings. The number of hydrogen-bond donors (Lipinski definition) is 0. The lowest BCUT2D eigenvalue weighted by Gasteiger charge is -2.16. The first-order valence-electron chi connectivity index (χ1n) is 7.48. The standard InChI is InChI=1S/C14H20N4O3/c1-3-21-14(20)12-13(9-4-5-9)18(16-15-12)8-11(19)17(2)10-6-7-10/h9-10H,3-8H2,1-2H3. The van der Waals surface area contributed by atoms with Crippen LogP contribution in [0.5, 0.6) is 0 Å². The Labute approximate surface area is 123 Å². The van der Waals surface area contributed by atoms with E-state index in [1.54, 1.807) is 16.5 Å². The number of hydrogen-bond acceptors (Lipinski definition) is 5. The summed E-state index contributed by atoms with van der Waals surface area (Å²) in [7, 11) is 1.82. The molecule has 1 aromatic rings. The maximum atomic E-state index is 12.2. The lowest BCUT2D eigenvalue weighted by molar-refractivity contribution is -0.131. The molecule has 0 aliphatic heterocycles. The number of carbonyl (C=O) groups excluding carboxylic acids is 2. The van der Waals surface area contributed by atoms with Gasteiger partial charge in [-0.1, -0.05) is 5.21 Å². The van der Waals surface area contributed by atoms with Gasteiger partial charge < -0.3 is 9.64 Å². The third-order valence-corrected chi connectivity index (χ3v) is 3.98. The first-order chi connectivity index (χ1) is 10.1. The lowest BCUT2D eigenvalue weighted by Crippen LogP contribution is -2.32. The molecule has 0 atom stereocenters. The van der Waals surface area contributed by atoms with E-state index in [9.17, 15) is 9.59 Å². The van der Waals surface area contributed by atoms with Gasteiger partial charge in [-0.05, 0) is 32.6 Å². The maximum absolute atomic E-state index is 12.2. The van der Waals surface area contributed by atoms with E-state index in [1.807, 2.05) is 7.05 Å². The summed E-state index contributed by atoms with van der Waals surface area (Å²) in [6, 6.07) is 0.370. The summed E-state index contributed by atoms with van der Waals surface area (Å²) in [4.78, 5) is 25.9. The summed E-state index contributed by atoms with van der Waals surface area (Å²) in [6.45, 7) is 2.21. The Morgan fingerprint density at radius 1 is 1.33 bits per heavy atom. The van der Waals surface area contributed by atoms with Crippen LogP contribution in [0, 0.1) is 0 Å². The van der Waals surface area contributed by atoms with Gasteiger partial charge in [-0.3, -0.25) is 4.79 Å². The van der Waals surface area contributed by atoms with Gasteiger partial charge in [0.1, 0.15) is 6.54 Å². The fourth-order valence-electron chi connectivity index (χ4n) is 2.45. The average Bonchev–Trinajstić information content (AvgIpc) is 3.36. The van der Waals surface area contributed by atoms with Crippen molar-refractivity contribution >= 4 is 11.9 Å². The van der Waals surface area contributed by atoms with Crippen molar-refractivity contribution in [3.8, 4) is 0 Å². The van der Waals surface area contributed by atoms with Crippen LogP contribution in [0.15, 0.2) is 0 Å². The van der Waals surface area contributed by atoms with Gasteiger partial charge in [0, 0.05) is 19.0 Å². The molecular formula is C14H20N4O3. The molecule has 1 amide bonds. The molecule has 1 aromatic heterocycles. The molecule has 7 heteroatoms. The minimum absolute atomic E-state index is 0.0136. The summed E-state index contributed by atoms with van der Waals surface area (Å²) < 4.78 is 6.58. The normalized spacial score (nSPS) is 17.6. The zero-order chi connectivity index (χ0) is 15.0. The third-order valence-electron chi connectivity index (χ3n) is 3.98. The van der Waals surface area contributed by atoms with E-state index in [4.69, 9.17) is 4.74 Å². The van der Waals surface area contributed by atoms with Gasteiger partial charge in [0.2, 0.25) is 5.91 Å². The van der Waals surface area contributed by atoms with E-state index in [1.165, 1.54) is 0 Å². The van der Waals surface area contributed by atoms with Gasteiger partial charge in [0.15, 0.2) is 5.69 Å². The summed E-state index contributed by atoms with van der Waals surface area (Å²) in [5.74, 6) is -0.160. The second-order valence-corrected chi connectivity index (χ2v) is 5.71. The van der Waals surface area contributed by atoms with Gasteiger partial charge >= 0.3 is 5.97 Å². The average molecular weight is 292 g/mol. The highest BCUT2D eigenvalue weighted by atomic mass is 16.5. The van der Waals surface area contributed by atoms with Crippen LogP contribution >= 0.6 is 0 Å². The van der Waals surface area contributed by atoms with Crippen molar-refractivity contribution in [2.45, 2.75) is 51.1 Å². The highest BCUT2D eigenvalue weighted by Gasteiger charge is 2.36. The molecule has 0 bridgehead atoms. The third kappa shape index (κ3) is 2.91. The zero-order valence-electron chi connectivity index (χ0n) is 12.4. The van der Waals surface area contributed by atoms with Gasteiger partial charge in [0.25, 0.3) is 0 Å². The van der Waals surface area contributed by atoms with Crippen LogP contribution in [-0.4, -0.2) is 51.5 Å². The first-order valence-corrected chi connectivity index (χ1v) is 7.48. The van der Waals surface area contributed by atoms with E-state index in [2.05, 4.69) is 10.3 Å². The number of nitrogens with zero attached hydrogens (tertiary/aromatic N) is 4. The molecule has 3 rings (SSSR count). The second kappa shape index (κ2) is 5.46. The predicted octanol–water partition coefficient (Wildman–Crippen LogP) is 0.953. The molecule has 0 aromatic carbocycles. The van der Waals surface area contributed by atoms with Crippen LogP contribution in [0.2, 0.25) is 0 Å². The molecule has 0 radical (unpaired) electrons. The lowest BCUT2D eigenvalue weighted by atomic mass is 10.2. The highest BCUT2D eigenvalue weighted by Crippen LogP contribution is 2.41. The fourth-order valence-corrected chi connectivity index (χ4v) is 2.45. The Balaban J connectivity index is 1.78. The number of likely N-dealkylation sites (N-methyl/N-ethyl adjacent to an activating group) is 1. The molecule has 0 N–H and O–H groups in total. The summed E-state index contributed by atoms with van der Waals surface area (Å²) in [5.41, 5.74) is 1.02. The van der Waals surface area contributed by atoms with Crippen molar-refractivity contribution < 1.29 is 14.3 Å². The number of rotatable bonds is 6. The summed E-state index contributed by atoms with van der Waals surface area (Å²) >= 11 is 0. The van der Waals surface area contributed by atoms with Crippen molar-refractivity contribution in [1.29, 1.82) is 0 Å². The molecule has 7 nitrogen and oxygen atoms in total. The van der Waals surface area contributed by atoms with E-state index in [0.717, 1.165) is 31.4 Å². The molecule has 2 saturated carbocycles. The van der Waals surface area contributed by atoms with Crippen molar-refractivity contribution in [3.05, 3.63) is 11.4 Å². The molecule has 0 spiro atoms. The number of esters is 1. The van der Waals surface area contributed by atoms with Crippen LogP contribution in [0.25, 0.3) is 0 Å². The Morgan fingerprint density at radius 2 is 2.05 bits per heavy atom. The molecule has 114 valence electrons. The summed E-state index contributed by atoms with van der Waals surface area (Å²) in [5, 5.41) is 7.94. The monoisotopic (exact) mass is 292 g/mol. The molecular weight excluding hydrogens is 272 g/mol. The highest BCUT2D eigenvalue weighted by molar-refractivity contribution is 5.89. The first kappa shape index (κ1) is 14.0. The SMILES string of the molecule is CCOC(=O)c1nnn(CC(=O)N(C)C2CC2)c1C1CC1. The molecule has 0 unspecified atom stereocenters. The van der Waals surface area contributed by atoms with Crippen molar-refractivity contribution in [2.75, 3.05) is 13.7 Å². The van der Waals surface area contributed by atoms with Crippen LogP contribution in [0.4, 0.5) is 0 Å². The molecule has 21 heavy (non-hydrogen) atoms. The molecule has 1 heterocycles. The zero-order valence-corrected chi connectivity index (χ0v) is 12.4. The fraction of sp³-hybridized carbons (Fsp3) is 0.714. The smallest absolute Gasteiger partial charge is 0.360 e. The van der Waals surface area contributed by atoms with Crippen molar-refractivity contribution in [2.24, 2.45) is 0 Å². The number of aromatic nitrogens is 3. The number of carbonyl (C=O) groups is 2.